The van der Waals surface area contributed by atoms with E-state index in [0.29, 0.717) is 0 Å². The predicted octanol–water partition coefficient (Wildman–Crippen LogP) is 2.54. The summed E-state index contributed by atoms with van der Waals surface area (Å²) in [6, 6.07) is 7.98. The van der Waals surface area contributed by atoms with Crippen LogP contribution in [0.15, 0.2) is 30.6 Å². The lowest BCUT2D eigenvalue weighted by Gasteiger charge is -1.99. The zero-order valence-electron chi connectivity index (χ0n) is 9.28. The van der Waals surface area contributed by atoms with Crippen molar-refractivity contribution in [3.05, 3.63) is 30.6 Å². The highest BCUT2D eigenvalue weighted by molar-refractivity contribution is 5.58. The topological polar surface area (TPSA) is 53.6 Å². The minimum absolute atomic E-state index is 0.794. The van der Waals surface area contributed by atoms with Crippen molar-refractivity contribution in [1.29, 1.82) is 0 Å². The van der Waals surface area contributed by atoms with E-state index in [0.717, 1.165) is 17.1 Å². The molecule has 4 heteroatoms. The van der Waals surface area contributed by atoms with Crippen LogP contribution < -0.4 is 5.32 Å². The van der Waals surface area contributed by atoms with Gasteiger partial charge >= 0.3 is 0 Å². The first-order valence-electron chi connectivity index (χ1n) is 5.03. The van der Waals surface area contributed by atoms with Gasteiger partial charge in [0.05, 0.1) is 0 Å². The van der Waals surface area contributed by atoms with E-state index in [1.165, 1.54) is 6.33 Å². The van der Waals surface area contributed by atoms with Gasteiger partial charge in [-0.3, -0.25) is 5.10 Å². The fourth-order valence-corrected chi connectivity index (χ4v) is 1.14. The molecule has 4 nitrogen and oxygen atoms in total. The van der Waals surface area contributed by atoms with Gasteiger partial charge in [-0.1, -0.05) is 13.8 Å². The maximum absolute atomic E-state index is 4.05. The molecule has 0 spiro atoms. The minimum atomic E-state index is 0.794. The van der Waals surface area contributed by atoms with Gasteiger partial charge in [0, 0.05) is 18.3 Å². The van der Waals surface area contributed by atoms with E-state index >= 15 is 0 Å². The number of aromatic amines is 1. The smallest absolute Gasteiger partial charge is 0.155 e. The average molecular weight is 204 g/mol. The van der Waals surface area contributed by atoms with Gasteiger partial charge in [-0.15, -0.1) is 0 Å². The molecule has 2 rings (SSSR count). The number of H-pyrrole nitrogens is 1. The Labute approximate surface area is 89.8 Å². The second kappa shape index (κ2) is 5.80. The van der Waals surface area contributed by atoms with Gasteiger partial charge in [0.25, 0.3) is 0 Å². The van der Waals surface area contributed by atoms with E-state index < -0.39 is 0 Å². The first-order chi connectivity index (χ1) is 7.40. The SMILES string of the molecule is CC.CNc1ccc(-c2ncn[nH]2)cc1. The molecule has 1 aromatic heterocycles. The van der Waals surface area contributed by atoms with Gasteiger partial charge in [-0.25, -0.2) is 4.98 Å². The van der Waals surface area contributed by atoms with Crippen molar-refractivity contribution in [2.75, 3.05) is 12.4 Å². The number of rotatable bonds is 2. The summed E-state index contributed by atoms with van der Waals surface area (Å²) < 4.78 is 0. The van der Waals surface area contributed by atoms with Crippen molar-refractivity contribution in [3.8, 4) is 11.4 Å². The number of nitrogens with zero attached hydrogens (tertiary/aromatic N) is 2. The Bertz CT molecular complexity index is 364. The van der Waals surface area contributed by atoms with E-state index in [1.807, 2.05) is 45.2 Å². The molecule has 80 valence electrons. The van der Waals surface area contributed by atoms with Crippen LogP contribution in [0.3, 0.4) is 0 Å². The Hall–Kier alpha value is -1.84. The molecule has 0 aliphatic heterocycles. The Morgan fingerprint density at radius 1 is 1.13 bits per heavy atom. The lowest BCUT2D eigenvalue weighted by Crippen LogP contribution is -1.87. The molecule has 0 saturated carbocycles. The van der Waals surface area contributed by atoms with Crippen molar-refractivity contribution >= 4 is 5.69 Å². The molecule has 0 atom stereocenters. The summed E-state index contributed by atoms with van der Waals surface area (Å²) in [7, 11) is 1.89. The minimum Gasteiger partial charge on any atom is -0.388 e. The van der Waals surface area contributed by atoms with Crippen LogP contribution in [0, 0.1) is 0 Å². The zero-order chi connectivity index (χ0) is 11.1. The molecule has 1 aromatic carbocycles. The largest absolute Gasteiger partial charge is 0.388 e. The highest BCUT2D eigenvalue weighted by Crippen LogP contribution is 2.16. The van der Waals surface area contributed by atoms with E-state index in [2.05, 4.69) is 20.5 Å². The number of anilines is 1. The van der Waals surface area contributed by atoms with Gasteiger partial charge < -0.3 is 5.32 Å². The summed E-state index contributed by atoms with van der Waals surface area (Å²) in [5.74, 6) is 0.794. The van der Waals surface area contributed by atoms with Gasteiger partial charge in [-0.2, -0.15) is 5.10 Å². The first-order valence-corrected chi connectivity index (χ1v) is 5.03. The van der Waals surface area contributed by atoms with E-state index in [4.69, 9.17) is 0 Å². The van der Waals surface area contributed by atoms with Crippen molar-refractivity contribution in [2.45, 2.75) is 13.8 Å². The second-order valence-corrected chi connectivity index (χ2v) is 2.66. The fourth-order valence-electron chi connectivity index (χ4n) is 1.14. The number of nitrogens with one attached hydrogen (secondary N) is 2. The number of benzene rings is 1. The van der Waals surface area contributed by atoms with Gasteiger partial charge in [0.2, 0.25) is 0 Å². The maximum Gasteiger partial charge on any atom is 0.155 e. The molecule has 0 amide bonds. The molecule has 0 bridgehead atoms. The van der Waals surface area contributed by atoms with Crippen molar-refractivity contribution in [3.63, 3.8) is 0 Å². The average Bonchev–Trinajstić information content (AvgIpc) is 2.85. The molecular weight excluding hydrogens is 188 g/mol. The van der Waals surface area contributed by atoms with Crippen LogP contribution in [-0.4, -0.2) is 22.2 Å². The van der Waals surface area contributed by atoms with Crippen LogP contribution in [0.2, 0.25) is 0 Å². The number of hydrogen-bond donors (Lipinski definition) is 2. The molecule has 1 heterocycles. The third-order valence-corrected chi connectivity index (χ3v) is 1.86. The summed E-state index contributed by atoms with van der Waals surface area (Å²) in [6.07, 6.45) is 1.50. The lowest BCUT2D eigenvalue weighted by atomic mass is 10.2. The Morgan fingerprint density at radius 2 is 1.80 bits per heavy atom. The highest BCUT2D eigenvalue weighted by Gasteiger charge is 1.98. The molecule has 0 aliphatic carbocycles. The molecule has 0 radical (unpaired) electrons. The molecule has 15 heavy (non-hydrogen) atoms. The van der Waals surface area contributed by atoms with Crippen LogP contribution >= 0.6 is 0 Å². The summed E-state index contributed by atoms with van der Waals surface area (Å²) in [5.41, 5.74) is 2.12. The molecule has 0 unspecified atom stereocenters. The Morgan fingerprint density at radius 3 is 2.27 bits per heavy atom. The van der Waals surface area contributed by atoms with Crippen LogP contribution in [0.25, 0.3) is 11.4 Å². The van der Waals surface area contributed by atoms with Gasteiger partial charge in [0.15, 0.2) is 5.82 Å². The van der Waals surface area contributed by atoms with E-state index in [9.17, 15) is 0 Å². The van der Waals surface area contributed by atoms with E-state index in [1.54, 1.807) is 0 Å². The Balaban J connectivity index is 0.000000531. The number of hydrogen-bond acceptors (Lipinski definition) is 3. The molecular formula is C11H16N4. The molecule has 0 fully saturated rings. The lowest BCUT2D eigenvalue weighted by molar-refractivity contribution is 1.10. The van der Waals surface area contributed by atoms with Crippen molar-refractivity contribution in [1.82, 2.24) is 15.2 Å². The normalized spacial score (nSPS) is 9.00. The third kappa shape index (κ3) is 2.80. The van der Waals surface area contributed by atoms with Crippen molar-refractivity contribution in [2.24, 2.45) is 0 Å². The zero-order valence-corrected chi connectivity index (χ0v) is 9.28. The molecule has 2 N–H and O–H groups in total. The molecule has 0 aliphatic rings. The second-order valence-electron chi connectivity index (χ2n) is 2.66. The summed E-state index contributed by atoms with van der Waals surface area (Å²) >= 11 is 0. The predicted molar refractivity (Wildman–Crippen MR) is 62.7 cm³/mol. The quantitative estimate of drug-likeness (QED) is 0.790. The highest BCUT2D eigenvalue weighted by atomic mass is 15.2. The fraction of sp³-hybridized carbons (Fsp3) is 0.273. The Kier molecular flexibility index (Phi) is 4.34. The summed E-state index contributed by atoms with van der Waals surface area (Å²) in [6.45, 7) is 4.00. The first kappa shape index (κ1) is 11.2. The maximum atomic E-state index is 4.05. The monoisotopic (exact) mass is 204 g/mol. The summed E-state index contributed by atoms with van der Waals surface area (Å²) in [5, 5.41) is 9.65. The van der Waals surface area contributed by atoms with Gasteiger partial charge in [-0.05, 0) is 24.3 Å². The van der Waals surface area contributed by atoms with Crippen LogP contribution in [0.5, 0.6) is 0 Å². The summed E-state index contributed by atoms with van der Waals surface area (Å²) in [4.78, 5) is 4.05. The number of aromatic nitrogens is 3. The van der Waals surface area contributed by atoms with Crippen LogP contribution in [0.1, 0.15) is 13.8 Å². The molecule has 2 aromatic rings. The van der Waals surface area contributed by atoms with Crippen LogP contribution in [-0.2, 0) is 0 Å². The standard InChI is InChI=1S/C9H10N4.C2H6/c1-10-8-4-2-7(3-5-8)9-11-6-12-13-9;1-2/h2-6,10H,1H3,(H,11,12,13);1-2H3. The van der Waals surface area contributed by atoms with Gasteiger partial charge in [0.1, 0.15) is 6.33 Å². The van der Waals surface area contributed by atoms with Crippen molar-refractivity contribution < 1.29 is 0 Å². The van der Waals surface area contributed by atoms with Crippen LogP contribution in [0.4, 0.5) is 5.69 Å². The molecule has 0 saturated heterocycles. The third-order valence-electron chi connectivity index (χ3n) is 1.86. The van der Waals surface area contributed by atoms with E-state index in [-0.39, 0.29) is 0 Å².